The van der Waals surface area contributed by atoms with Crippen molar-refractivity contribution in [3.8, 4) is 0 Å². The quantitative estimate of drug-likeness (QED) is 0.642. The van der Waals surface area contributed by atoms with Gasteiger partial charge in [0.25, 0.3) is 17.0 Å². The van der Waals surface area contributed by atoms with Crippen LogP contribution < -0.4 is 11.1 Å². The van der Waals surface area contributed by atoms with Gasteiger partial charge in [0, 0.05) is 55.9 Å². The summed E-state index contributed by atoms with van der Waals surface area (Å²) in [4.78, 5) is 44.2. The van der Waals surface area contributed by atoms with Gasteiger partial charge in [-0.2, -0.15) is 0 Å². The highest BCUT2D eigenvalue weighted by Crippen LogP contribution is 2.35. The Morgan fingerprint density at radius 1 is 1.11 bits per heavy atom. The fourth-order valence-corrected chi connectivity index (χ4v) is 4.68. The second kappa shape index (κ2) is 6.15. The van der Waals surface area contributed by atoms with Crippen LogP contribution >= 0.6 is 0 Å². The maximum Gasteiger partial charge on any atom is 0.264 e. The summed E-state index contributed by atoms with van der Waals surface area (Å²) >= 11 is 0. The van der Waals surface area contributed by atoms with Gasteiger partial charge in [0.05, 0.1) is 0 Å². The summed E-state index contributed by atoms with van der Waals surface area (Å²) in [7, 11) is 1.64. The summed E-state index contributed by atoms with van der Waals surface area (Å²) in [6.45, 7) is 1.70. The first kappa shape index (κ1) is 16.9. The van der Waals surface area contributed by atoms with E-state index in [4.69, 9.17) is 0 Å². The molecule has 1 saturated heterocycles. The SMILES string of the molecule is Cn1c(=O)c(C(=O)N2C[C@H]3C[C@@H](C2)c2cccc(=O)n2C3)cc2cccnc21. The average molecular weight is 376 g/mol. The van der Waals surface area contributed by atoms with Crippen LogP contribution in [0.25, 0.3) is 11.0 Å². The fraction of sp³-hybridized carbons (Fsp3) is 0.333. The lowest BCUT2D eigenvalue weighted by molar-refractivity contribution is 0.0592. The molecule has 1 amide bonds. The topological polar surface area (TPSA) is 77.2 Å². The van der Waals surface area contributed by atoms with E-state index < -0.39 is 0 Å². The summed E-state index contributed by atoms with van der Waals surface area (Å²) in [6, 6.07) is 10.6. The molecule has 1 fully saturated rings. The molecule has 2 aliphatic heterocycles. The zero-order valence-corrected chi connectivity index (χ0v) is 15.5. The van der Waals surface area contributed by atoms with Crippen molar-refractivity contribution < 1.29 is 4.79 Å². The Balaban J connectivity index is 1.53. The van der Waals surface area contributed by atoms with E-state index in [2.05, 4.69) is 4.98 Å². The first-order valence-electron chi connectivity index (χ1n) is 9.46. The molecular formula is C21H20N4O3. The number of amides is 1. The van der Waals surface area contributed by atoms with Gasteiger partial charge < -0.3 is 9.47 Å². The number of aryl methyl sites for hydroxylation is 1. The zero-order chi connectivity index (χ0) is 19.4. The lowest BCUT2D eigenvalue weighted by Crippen LogP contribution is -2.50. The van der Waals surface area contributed by atoms with Crippen LogP contribution in [-0.4, -0.2) is 38.0 Å². The fourth-order valence-electron chi connectivity index (χ4n) is 4.68. The van der Waals surface area contributed by atoms with Gasteiger partial charge in [0.1, 0.15) is 11.2 Å². The van der Waals surface area contributed by atoms with E-state index >= 15 is 0 Å². The molecular weight excluding hydrogens is 356 g/mol. The molecule has 7 heteroatoms. The molecule has 0 spiro atoms. The Morgan fingerprint density at radius 3 is 2.82 bits per heavy atom. The zero-order valence-electron chi connectivity index (χ0n) is 15.5. The van der Waals surface area contributed by atoms with Crippen molar-refractivity contribution >= 4 is 16.9 Å². The average Bonchev–Trinajstić information content (AvgIpc) is 2.71. The van der Waals surface area contributed by atoms with Crippen LogP contribution in [0.5, 0.6) is 0 Å². The molecule has 5 rings (SSSR count). The van der Waals surface area contributed by atoms with Crippen LogP contribution in [0, 0.1) is 5.92 Å². The lowest BCUT2D eigenvalue weighted by Gasteiger charge is -2.42. The van der Waals surface area contributed by atoms with Crippen molar-refractivity contribution in [1.82, 2.24) is 19.0 Å². The van der Waals surface area contributed by atoms with Crippen molar-refractivity contribution in [3.63, 3.8) is 0 Å². The van der Waals surface area contributed by atoms with E-state index in [1.54, 1.807) is 42.4 Å². The molecule has 0 saturated carbocycles. The van der Waals surface area contributed by atoms with E-state index in [-0.39, 0.29) is 34.4 Å². The Bertz CT molecular complexity index is 1230. The van der Waals surface area contributed by atoms with E-state index in [1.165, 1.54) is 4.57 Å². The minimum absolute atomic E-state index is 0.0166. The van der Waals surface area contributed by atoms with Crippen LogP contribution in [0.1, 0.15) is 28.4 Å². The molecule has 0 aromatic carbocycles. The van der Waals surface area contributed by atoms with Crippen LogP contribution in [-0.2, 0) is 13.6 Å². The second-order valence-electron chi connectivity index (χ2n) is 7.75. The number of carbonyl (C=O) groups excluding carboxylic acids is 1. The number of aromatic nitrogens is 3. The molecule has 3 aromatic heterocycles. The summed E-state index contributed by atoms with van der Waals surface area (Å²) in [5.74, 6) is 0.102. The van der Waals surface area contributed by atoms with Gasteiger partial charge in [-0.3, -0.25) is 19.0 Å². The van der Waals surface area contributed by atoms with E-state index in [1.807, 2.05) is 16.7 Å². The van der Waals surface area contributed by atoms with E-state index in [9.17, 15) is 14.4 Å². The van der Waals surface area contributed by atoms with E-state index in [0.717, 1.165) is 17.5 Å². The lowest BCUT2D eigenvalue weighted by atomic mass is 9.83. The highest BCUT2D eigenvalue weighted by Gasteiger charge is 2.37. The van der Waals surface area contributed by atoms with Crippen molar-refractivity contribution in [2.45, 2.75) is 18.9 Å². The highest BCUT2D eigenvalue weighted by molar-refractivity contribution is 5.97. The Labute approximate surface area is 160 Å². The number of rotatable bonds is 1. The Kier molecular flexibility index (Phi) is 3.72. The first-order valence-corrected chi connectivity index (χ1v) is 9.46. The summed E-state index contributed by atoms with van der Waals surface area (Å²) in [6.07, 6.45) is 2.60. The molecule has 0 unspecified atom stereocenters. The number of hydrogen-bond acceptors (Lipinski definition) is 4. The van der Waals surface area contributed by atoms with Crippen molar-refractivity contribution in [2.75, 3.05) is 13.1 Å². The number of fused-ring (bicyclic) bond motifs is 5. The van der Waals surface area contributed by atoms with Gasteiger partial charge in [0.2, 0.25) is 0 Å². The van der Waals surface area contributed by atoms with Gasteiger partial charge in [-0.05, 0) is 36.6 Å². The molecule has 2 atom stereocenters. The van der Waals surface area contributed by atoms with Gasteiger partial charge >= 0.3 is 0 Å². The second-order valence-corrected chi connectivity index (χ2v) is 7.75. The first-order chi connectivity index (χ1) is 13.5. The van der Waals surface area contributed by atoms with Crippen LogP contribution in [0.4, 0.5) is 0 Å². The number of pyridine rings is 3. The molecule has 7 nitrogen and oxygen atoms in total. The number of nitrogens with zero attached hydrogens (tertiary/aromatic N) is 4. The van der Waals surface area contributed by atoms with Crippen molar-refractivity contribution in [1.29, 1.82) is 0 Å². The van der Waals surface area contributed by atoms with Gasteiger partial charge in [-0.15, -0.1) is 0 Å². The van der Waals surface area contributed by atoms with Crippen molar-refractivity contribution in [2.24, 2.45) is 13.0 Å². The minimum atomic E-state index is -0.330. The maximum absolute atomic E-state index is 13.3. The molecule has 0 N–H and O–H groups in total. The number of likely N-dealkylation sites (tertiary alicyclic amines) is 1. The molecule has 2 bridgehead atoms. The van der Waals surface area contributed by atoms with Crippen LogP contribution in [0.15, 0.2) is 52.2 Å². The number of hydrogen-bond donors (Lipinski definition) is 0. The molecule has 0 aliphatic carbocycles. The molecule has 3 aromatic rings. The number of carbonyl (C=O) groups is 1. The molecule has 0 radical (unpaired) electrons. The largest absolute Gasteiger partial charge is 0.337 e. The summed E-state index contributed by atoms with van der Waals surface area (Å²) in [5, 5.41) is 0.766. The van der Waals surface area contributed by atoms with Gasteiger partial charge in [-0.1, -0.05) is 6.07 Å². The number of piperidine rings is 1. The van der Waals surface area contributed by atoms with Crippen LogP contribution in [0.3, 0.4) is 0 Å². The predicted octanol–water partition coefficient (Wildman–Crippen LogP) is 1.35. The minimum Gasteiger partial charge on any atom is -0.337 e. The predicted molar refractivity (Wildman–Crippen MR) is 104 cm³/mol. The molecule has 28 heavy (non-hydrogen) atoms. The highest BCUT2D eigenvalue weighted by atomic mass is 16.2. The van der Waals surface area contributed by atoms with Crippen molar-refractivity contribution in [3.05, 3.63) is 74.6 Å². The molecule has 2 aliphatic rings. The van der Waals surface area contributed by atoms with Gasteiger partial charge in [-0.25, -0.2) is 4.98 Å². The third kappa shape index (κ3) is 2.50. The molecule has 142 valence electrons. The third-order valence-electron chi connectivity index (χ3n) is 5.97. The standard InChI is InChI=1S/C21H20N4O3/c1-23-19-14(4-3-7-22-19)9-16(20(23)27)21(28)24-10-13-8-15(12-24)17-5-2-6-18(26)25(17)11-13/h2-7,9,13,15H,8,10-12H2,1H3/t13-,15+/m1/s1. The maximum atomic E-state index is 13.3. The summed E-state index contributed by atoms with van der Waals surface area (Å²) < 4.78 is 3.27. The monoisotopic (exact) mass is 376 g/mol. The normalized spacial score (nSPS) is 20.8. The third-order valence-corrected chi connectivity index (χ3v) is 5.97. The van der Waals surface area contributed by atoms with Gasteiger partial charge in [0.15, 0.2) is 0 Å². The van der Waals surface area contributed by atoms with E-state index in [0.29, 0.717) is 25.3 Å². The summed E-state index contributed by atoms with van der Waals surface area (Å²) in [5.41, 5.74) is 1.41. The Hall–Kier alpha value is -3.22. The Morgan fingerprint density at radius 2 is 1.96 bits per heavy atom. The molecule has 5 heterocycles. The van der Waals surface area contributed by atoms with Crippen LogP contribution in [0.2, 0.25) is 0 Å². The smallest absolute Gasteiger partial charge is 0.264 e.